The summed E-state index contributed by atoms with van der Waals surface area (Å²) in [6.07, 6.45) is 1.55. The van der Waals surface area contributed by atoms with Crippen LogP contribution in [-0.4, -0.2) is 38.3 Å². The molecule has 0 unspecified atom stereocenters. The number of hydrazone groups is 1. The lowest BCUT2D eigenvalue weighted by Crippen LogP contribution is -2.24. The van der Waals surface area contributed by atoms with Gasteiger partial charge in [-0.3, -0.25) is 9.48 Å². The van der Waals surface area contributed by atoms with Gasteiger partial charge in [0.25, 0.3) is 5.91 Å². The van der Waals surface area contributed by atoms with Crippen LogP contribution < -0.4 is 14.9 Å². The first-order valence-corrected chi connectivity index (χ1v) is 11.3. The predicted octanol–water partition coefficient (Wildman–Crippen LogP) is 4.34. The van der Waals surface area contributed by atoms with E-state index in [4.69, 9.17) is 9.47 Å². The molecule has 2 heterocycles. The molecule has 180 valence electrons. The van der Waals surface area contributed by atoms with Crippen LogP contribution in [-0.2, 0) is 11.3 Å². The highest BCUT2D eigenvalue weighted by Gasteiger charge is 2.18. The number of hydrogen-bond donors (Lipinski definition) is 1. The van der Waals surface area contributed by atoms with E-state index in [0.717, 1.165) is 22.8 Å². The number of nitrogens with one attached hydrogen (secondary N) is 1. The van der Waals surface area contributed by atoms with Crippen molar-refractivity contribution in [3.63, 3.8) is 0 Å². The lowest BCUT2D eigenvalue weighted by atomic mass is 10.2. The molecule has 4 rings (SSSR count). The molecule has 0 aliphatic heterocycles. The summed E-state index contributed by atoms with van der Waals surface area (Å²) in [4.78, 5) is 12.4. The SMILES string of the molecule is CCOc1ccc(Oc2c(/C=N/NC(=O)Cn3nc(C)cc3C)c(C)nn2-c2ccccc2)cc1. The van der Waals surface area contributed by atoms with Crippen LogP contribution in [0.3, 0.4) is 0 Å². The van der Waals surface area contributed by atoms with Gasteiger partial charge in [-0.2, -0.15) is 20.0 Å². The van der Waals surface area contributed by atoms with Crippen molar-refractivity contribution < 1.29 is 14.3 Å². The summed E-state index contributed by atoms with van der Waals surface area (Å²) >= 11 is 0. The fourth-order valence-corrected chi connectivity index (χ4v) is 3.57. The van der Waals surface area contributed by atoms with Gasteiger partial charge in [-0.1, -0.05) is 18.2 Å². The fourth-order valence-electron chi connectivity index (χ4n) is 3.57. The highest BCUT2D eigenvalue weighted by molar-refractivity contribution is 5.86. The molecule has 0 saturated carbocycles. The number of benzene rings is 2. The van der Waals surface area contributed by atoms with Crippen LogP contribution >= 0.6 is 0 Å². The van der Waals surface area contributed by atoms with Gasteiger partial charge in [-0.05, 0) is 70.2 Å². The summed E-state index contributed by atoms with van der Waals surface area (Å²) in [5, 5.41) is 13.1. The van der Waals surface area contributed by atoms with E-state index in [1.54, 1.807) is 15.6 Å². The van der Waals surface area contributed by atoms with Gasteiger partial charge in [0.15, 0.2) is 0 Å². The van der Waals surface area contributed by atoms with Crippen LogP contribution in [0.5, 0.6) is 17.4 Å². The van der Waals surface area contributed by atoms with Crippen molar-refractivity contribution in [2.75, 3.05) is 6.61 Å². The third-order valence-electron chi connectivity index (χ3n) is 5.19. The Balaban J connectivity index is 1.58. The van der Waals surface area contributed by atoms with Gasteiger partial charge in [0, 0.05) is 5.69 Å². The van der Waals surface area contributed by atoms with E-state index >= 15 is 0 Å². The van der Waals surface area contributed by atoms with Crippen molar-refractivity contribution in [2.24, 2.45) is 5.10 Å². The molecule has 2 aromatic carbocycles. The molecule has 0 bridgehead atoms. The van der Waals surface area contributed by atoms with Crippen LogP contribution in [0.1, 0.15) is 29.6 Å². The van der Waals surface area contributed by atoms with Crippen molar-refractivity contribution in [1.82, 2.24) is 25.0 Å². The summed E-state index contributed by atoms with van der Waals surface area (Å²) in [7, 11) is 0. The van der Waals surface area contributed by atoms with Crippen LogP contribution in [0.15, 0.2) is 65.8 Å². The summed E-state index contributed by atoms with van der Waals surface area (Å²) < 4.78 is 15.1. The number of aromatic nitrogens is 4. The first-order chi connectivity index (χ1) is 16.9. The standard InChI is InChI=1S/C26H28N6O3/c1-5-34-22-11-13-23(14-12-22)35-26-24(20(4)30-32(26)21-9-7-6-8-10-21)16-27-28-25(33)17-31-19(3)15-18(2)29-31/h6-16H,5,17H2,1-4H3,(H,28,33)/b27-16+. The van der Waals surface area contributed by atoms with E-state index in [9.17, 15) is 4.79 Å². The van der Waals surface area contributed by atoms with Gasteiger partial charge < -0.3 is 9.47 Å². The zero-order chi connectivity index (χ0) is 24.8. The zero-order valence-electron chi connectivity index (χ0n) is 20.2. The largest absolute Gasteiger partial charge is 0.494 e. The van der Waals surface area contributed by atoms with Crippen LogP contribution in [0.4, 0.5) is 0 Å². The van der Waals surface area contributed by atoms with Gasteiger partial charge in [-0.25, -0.2) is 5.43 Å². The van der Waals surface area contributed by atoms with E-state index < -0.39 is 0 Å². The van der Waals surface area contributed by atoms with Gasteiger partial charge in [-0.15, -0.1) is 0 Å². The molecule has 0 radical (unpaired) electrons. The Morgan fingerprint density at radius 1 is 1.03 bits per heavy atom. The molecule has 1 amide bonds. The van der Waals surface area contributed by atoms with Crippen molar-refractivity contribution in [2.45, 2.75) is 34.2 Å². The third-order valence-corrected chi connectivity index (χ3v) is 5.19. The minimum absolute atomic E-state index is 0.0782. The van der Waals surface area contributed by atoms with Gasteiger partial charge >= 0.3 is 0 Å². The molecule has 35 heavy (non-hydrogen) atoms. The Hall–Kier alpha value is -4.40. The third kappa shape index (κ3) is 5.75. The number of carbonyl (C=O) groups excluding carboxylic acids is 1. The Morgan fingerprint density at radius 2 is 1.74 bits per heavy atom. The molecule has 9 heteroatoms. The van der Waals surface area contributed by atoms with Crippen LogP contribution in [0.25, 0.3) is 5.69 Å². The molecule has 2 aromatic heterocycles. The molecular formula is C26H28N6O3. The number of carbonyl (C=O) groups is 1. The van der Waals surface area contributed by atoms with Crippen molar-refractivity contribution in [3.8, 4) is 23.1 Å². The molecule has 9 nitrogen and oxygen atoms in total. The number of amides is 1. The lowest BCUT2D eigenvalue weighted by molar-refractivity contribution is -0.121. The topological polar surface area (TPSA) is 95.6 Å². The summed E-state index contributed by atoms with van der Waals surface area (Å²) in [6, 6.07) is 19.0. The molecule has 0 saturated heterocycles. The highest BCUT2D eigenvalue weighted by atomic mass is 16.5. The van der Waals surface area contributed by atoms with E-state index in [1.807, 2.05) is 88.4 Å². The van der Waals surface area contributed by atoms with E-state index in [1.165, 1.54) is 0 Å². The molecule has 1 N–H and O–H groups in total. The lowest BCUT2D eigenvalue weighted by Gasteiger charge is -2.11. The van der Waals surface area contributed by atoms with Crippen molar-refractivity contribution >= 4 is 12.1 Å². The minimum Gasteiger partial charge on any atom is -0.494 e. The molecule has 0 spiro atoms. The second-order valence-electron chi connectivity index (χ2n) is 7.94. The average molecular weight is 473 g/mol. The maximum atomic E-state index is 12.4. The van der Waals surface area contributed by atoms with E-state index in [0.29, 0.717) is 29.5 Å². The molecule has 0 fully saturated rings. The molecule has 0 atom stereocenters. The number of rotatable bonds is 9. The first kappa shape index (κ1) is 23.7. The predicted molar refractivity (Wildman–Crippen MR) is 133 cm³/mol. The smallest absolute Gasteiger partial charge is 0.261 e. The maximum absolute atomic E-state index is 12.4. The average Bonchev–Trinajstić information content (AvgIpc) is 3.33. The van der Waals surface area contributed by atoms with E-state index in [2.05, 4.69) is 20.7 Å². The van der Waals surface area contributed by atoms with Crippen LogP contribution in [0, 0.1) is 20.8 Å². The molecule has 0 aliphatic rings. The zero-order valence-corrected chi connectivity index (χ0v) is 20.2. The monoisotopic (exact) mass is 472 g/mol. The van der Waals surface area contributed by atoms with Gasteiger partial charge in [0.2, 0.25) is 5.88 Å². The van der Waals surface area contributed by atoms with Crippen molar-refractivity contribution in [3.05, 3.63) is 83.3 Å². The number of nitrogens with zero attached hydrogens (tertiary/aromatic N) is 5. The highest BCUT2D eigenvalue weighted by Crippen LogP contribution is 2.30. The molecule has 0 aliphatic carbocycles. The normalized spacial score (nSPS) is 11.1. The Labute approximate surface area is 204 Å². The maximum Gasteiger partial charge on any atom is 0.261 e. The summed E-state index contributed by atoms with van der Waals surface area (Å²) in [5.74, 6) is 1.58. The molecule has 4 aromatic rings. The molecular weight excluding hydrogens is 444 g/mol. The van der Waals surface area contributed by atoms with Crippen LogP contribution in [0.2, 0.25) is 0 Å². The van der Waals surface area contributed by atoms with Gasteiger partial charge in [0.1, 0.15) is 18.0 Å². The quantitative estimate of drug-likeness (QED) is 0.289. The number of ether oxygens (including phenoxy) is 2. The van der Waals surface area contributed by atoms with Gasteiger partial charge in [0.05, 0.1) is 35.5 Å². The Kier molecular flexibility index (Phi) is 7.25. The Bertz CT molecular complexity index is 1320. The number of para-hydroxylation sites is 1. The Morgan fingerprint density at radius 3 is 2.40 bits per heavy atom. The minimum atomic E-state index is -0.283. The number of aryl methyl sites for hydroxylation is 3. The second kappa shape index (κ2) is 10.7. The fraction of sp³-hybridized carbons (Fsp3) is 0.231. The first-order valence-electron chi connectivity index (χ1n) is 11.3. The van der Waals surface area contributed by atoms with E-state index in [-0.39, 0.29) is 12.5 Å². The number of hydrogen-bond acceptors (Lipinski definition) is 6. The summed E-state index contributed by atoms with van der Waals surface area (Å²) in [5.41, 5.74) is 6.52. The second-order valence-corrected chi connectivity index (χ2v) is 7.94. The van der Waals surface area contributed by atoms with Crippen molar-refractivity contribution in [1.29, 1.82) is 0 Å². The summed E-state index contributed by atoms with van der Waals surface area (Å²) in [6.45, 7) is 8.26.